The molecule has 1 unspecified atom stereocenters. The van der Waals surface area contributed by atoms with Gasteiger partial charge in [-0.1, -0.05) is 19.8 Å². The maximum absolute atomic E-state index is 11.9. The highest BCUT2D eigenvalue weighted by atomic mass is 16.6. The van der Waals surface area contributed by atoms with Gasteiger partial charge >= 0.3 is 6.09 Å². The lowest BCUT2D eigenvalue weighted by atomic mass is 10.1. The molecule has 0 saturated heterocycles. The number of alkyl carbamates (subject to hydrolysis) is 1. The largest absolute Gasteiger partial charge is 0.444 e. The Balaban J connectivity index is 2.53. The smallest absolute Gasteiger partial charge is 0.407 e. The quantitative estimate of drug-likeness (QED) is 0.489. The molecule has 0 aromatic carbocycles. The topological polar surface area (TPSA) is 79.7 Å². The first-order chi connectivity index (χ1) is 12.2. The molecule has 7 heteroatoms. The fourth-order valence-corrected chi connectivity index (χ4v) is 2.44. The molecule has 0 fully saturated rings. The van der Waals surface area contributed by atoms with Gasteiger partial charge in [0.2, 0.25) is 0 Å². The van der Waals surface area contributed by atoms with Crippen molar-refractivity contribution in [3.8, 4) is 0 Å². The molecule has 0 aliphatic heterocycles. The van der Waals surface area contributed by atoms with Crippen molar-refractivity contribution in [1.82, 2.24) is 20.5 Å². The van der Waals surface area contributed by atoms with E-state index in [-0.39, 0.29) is 6.04 Å². The second-order valence-corrected chi connectivity index (χ2v) is 7.48. The minimum atomic E-state index is -0.496. The summed E-state index contributed by atoms with van der Waals surface area (Å²) in [6.07, 6.45) is 6.80. The van der Waals surface area contributed by atoms with Crippen molar-refractivity contribution in [3.05, 3.63) is 24.0 Å². The third-order valence-corrected chi connectivity index (χ3v) is 3.72. The molecule has 1 atom stereocenters. The minimum Gasteiger partial charge on any atom is -0.444 e. The number of nitrogens with zero attached hydrogens (tertiary/aromatic N) is 2. The molecule has 1 aromatic heterocycles. The summed E-state index contributed by atoms with van der Waals surface area (Å²) in [6, 6.07) is 2.16. The van der Waals surface area contributed by atoms with Crippen LogP contribution in [0.4, 0.5) is 4.79 Å². The summed E-state index contributed by atoms with van der Waals surface area (Å²) in [6.45, 7) is 8.90. The molecular formula is C19H35N5O2. The van der Waals surface area contributed by atoms with Gasteiger partial charge in [0.25, 0.3) is 0 Å². The number of nitrogens with one attached hydrogen (secondary N) is 3. The zero-order valence-corrected chi connectivity index (χ0v) is 17.1. The number of aromatic nitrogens is 1. The lowest BCUT2D eigenvalue weighted by Crippen LogP contribution is -2.48. The van der Waals surface area contributed by atoms with Crippen LogP contribution in [0, 0.1) is 0 Å². The first kappa shape index (κ1) is 21.9. The van der Waals surface area contributed by atoms with Crippen molar-refractivity contribution in [3.63, 3.8) is 0 Å². The zero-order chi connectivity index (χ0) is 19.6. The molecule has 1 amide bonds. The van der Waals surface area contributed by atoms with E-state index in [9.17, 15) is 4.79 Å². The lowest BCUT2D eigenvalue weighted by molar-refractivity contribution is 0.0523. The van der Waals surface area contributed by atoms with Crippen molar-refractivity contribution in [2.75, 3.05) is 13.6 Å². The average molecular weight is 366 g/mol. The number of guanidine groups is 1. The Bertz CT molecular complexity index is 575. The fraction of sp³-hybridized carbons (Fsp3) is 0.684. The molecule has 0 spiro atoms. The van der Waals surface area contributed by atoms with Crippen molar-refractivity contribution >= 4 is 12.1 Å². The van der Waals surface area contributed by atoms with Crippen molar-refractivity contribution in [2.45, 2.75) is 65.1 Å². The van der Waals surface area contributed by atoms with Crippen molar-refractivity contribution in [1.29, 1.82) is 0 Å². The number of rotatable bonds is 8. The van der Waals surface area contributed by atoms with E-state index < -0.39 is 11.7 Å². The Kier molecular flexibility index (Phi) is 9.02. The van der Waals surface area contributed by atoms with Gasteiger partial charge in [-0.2, -0.15) is 0 Å². The Morgan fingerprint density at radius 1 is 1.35 bits per heavy atom. The number of ether oxygens (including phenoxy) is 1. The third kappa shape index (κ3) is 9.34. The molecule has 0 radical (unpaired) electrons. The summed E-state index contributed by atoms with van der Waals surface area (Å²) in [5.74, 6) is 0.723. The van der Waals surface area contributed by atoms with Crippen LogP contribution in [0.5, 0.6) is 0 Å². The van der Waals surface area contributed by atoms with E-state index in [0.717, 1.165) is 25.2 Å². The van der Waals surface area contributed by atoms with Crippen LogP contribution in [-0.2, 0) is 18.3 Å². The second-order valence-electron chi connectivity index (χ2n) is 7.48. The van der Waals surface area contributed by atoms with Crippen LogP contribution in [0.1, 0.15) is 52.5 Å². The van der Waals surface area contributed by atoms with Gasteiger partial charge in [-0.05, 0) is 38.8 Å². The molecule has 0 aliphatic rings. The summed E-state index contributed by atoms with van der Waals surface area (Å²) in [5.41, 5.74) is 0.691. The summed E-state index contributed by atoms with van der Waals surface area (Å²) in [7, 11) is 3.75. The Labute approximate surface area is 157 Å². The van der Waals surface area contributed by atoms with E-state index in [1.54, 1.807) is 7.05 Å². The summed E-state index contributed by atoms with van der Waals surface area (Å²) in [5, 5.41) is 9.55. The molecule has 1 rings (SSSR count). The van der Waals surface area contributed by atoms with E-state index in [4.69, 9.17) is 4.74 Å². The molecule has 3 N–H and O–H groups in total. The van der Waals surface area contributed by atoms with Crippen LogP contribution < -0.4 is 16.0 Å². The summed E-state index contributed by atoms with van der Waals surface area (Å²) < 4.78 is 7.32. The first-order valence-corrected chi connectivity index (χ1v) is 9.28. The van der Waals surface area contributed by atoms with E-state index in [1.807, 2.05) is 38.6 Å². The van der Waals surface area contributed by atoms with Crippen LogP contribution in [-0.4, -0.2) is 41.9 Å². The molecule has 1 heterocycles. The lowest BCUT2D eigenvalue weighted by Gasteiger charge is -2.24. The van der Waals surface area contributed by atoms with Crippen LogP contribution in [0.25, 0.3) is 0 Å². The van der Waals surface area contributed by atoms with E-state index in [1.165, 1.54) is 5.56 Å². The molecule has 1 aromatic rings. The van der Waals surface area contributed by atoms with Crippen LogP contribution in [0.2, 0.25) is 0 Å². The standard InChI is InChI=1S/C19H35N5O2/c1-7-8-9-16(13-22-18(25)26-19(2,3)4)23-17(20-5)21-12-15-10-11-24(6)14-15/h10-11,14,16H,7-9,12-13H2,1-6H3,(H,22,25)(H2,20,21,23). The average Bonchev–Trinajstić information content (AvgIpc) is 2.97. The fourth-order valence-electron chi connectivity index (χ4n) is 2.44. The van der Waals surface area contributed by atoms with Crippen LogP contribution in [0.15, 0.2) is 23.5 Å². The van der Waals surface area contributed by atoms with Gasteiger partial charge in [0.05, 0.1) is 0 Å². The Morgan fingerprint density at radius 2 is 2.08 bits per heavy atom. The monoisotopic (exact) mass is 365 g/mol. The molecule has 26 heavy (non-hydrogen) atoms. The molecule has 148 valence electrons. The van der Waals surface area contributed by atoms with E-state index in [2.05, 4.69) is 40.1 Å². The highest BCUT2D eigenvalue weighted by Crippen LogP contribution is 2.07. The van der Waals surface area contributed by atoms with E-state index in [0.29, 0.717) is 13.1 Å². The maximum Gasteiger partial charge on any atom is 0.407 e. The number of carbonyl (C=O) groups excluding carboxylic acids is 1. The number of unbranched alkanes of at least 4 members (excludes halogenated alkanes) is 1. The number of aliphatic imine (C=N–C) groups is 1. The van der Waals surface area contributed by atoms with Crippen molar-refractivity contribution < 1.29 is 9.53 Å². The highest BCUT2D eigenvalue weighted by Gasteiger charge is 2.18. The second kappa shape index (κ2) is 10.7. The predicted molar refractivity (Wildman–Crippen MR) is 106 cm³/mol. The first-order valence-electron chi connectivity index (χ1n) is 9.28. The Hall–Kier alpha value is -2.18. The van der Waals surface area contributed by atoms with Gasteiger partial charge in [0.15, 0.2) is 5.96 Å². The molecule has 0 bridgehead atoms. The van der Waals surface area contributed by atoms with Gasteiger partial charge < -0.3 is 25.3 Å². The van der Waals surface area contributed by atoms with E-state index >= 15 is 0 Å². The van der Waals surface area contributed by atoms with Gasteiger partial charge in [-0.25, -0.2) is 4.79 Å². The summed E-state index contributed by atoms with van der Waals surface area (Å²) >= 11 is 0. The molecular weight excluding hydrogens is 330 g/mol. The van der Waals surface area contributed by atoms with Crippen molar-refractivity contribution in [2.24, 2.45) is 12.0 Å². The SMILES string of the molecule is CCCCC(CNC(=O)OC(C)(C)C)NC(=NC)NCc1ccn(C)c1. The number of carbonyl (C=O) groups is 1. The number of hydrogen-bond acceptors (Lipinski definition) is 3. The van der Waals surface area contributed by atoms with Gasteiger partial charge in [0.1, 0.15) is 5.60 Å². The van der Waals surface area contributed by atoms with Crippen LogP contribution >= 0.6 is 0 Å². The molecule has 0 aliphatic carbocycles. The zero-order valence-electron chi connectivity index (χ0n) is 17.1. The third-order valence-electron chi connectivity index (χ3n) is 3.72. The molecule has 0 saturated carbocycles. The number of aryl methyl sites for hydroxylation is 1. The predicted octanol–water partition coefficient (Wildman–Crippen LogP) is 2.77. The summed E-state index contributed by atoms with van der Waals surface area (Å²) in [4.78, 5) is 16.2. The normalized spacial score (nSPS) is 13.2. The number of hydrogen-bond donors (Lipinski definition) is 3. The minimum absolute atomic E-state index is 0.0874. The maximum atomic E-state index is 11.9. The Morgan fingerprint density at radius 3 is 2.62 bits per heavy atom. The van der Waals surface area contributed by atoms with Gasteiger partial charge in [0, 0.05) is 45.6 Å². The highest BCUT2D eigenvalue weighted by molar-refractivity contribution is 5.80. The van der Waals surface area contributed by atoms with Crippen LogP contribution in [0.3, 0.4) is 0 Å². The van der Waals surface area contributed by atoms with Gasteiger partial charge in [-0.15, -0.1) is 0 Å². The van der Waals surface area contributed by atoms with Gasteiger partial charge in [-0.3, -0.25) is 4.99 Å². The number of amides is 1. The molecule has 7 nitrogen and oxygen atoms in total.